The molecule has 0 fully saturated rings. The smallest absolute Gasteiger partial charge is 0.338 e. The van der Waals surface area contributed by atoms with Crippen LogP contribution >= 0.6 is 0 Å². The lowest BCUT2D eigenvalue weighted by Crippen LogP contribution is -2.08. The first kappa shape index (κ1) is 12.1. The molecule has 6 heteroatoms. The Hall–Kier alpha value is -2.37. The number of anilines is 1. The van der Waals surface area contributed by atoms with Crippen LogP contribution in [0, 0.1) is 0 Å². The van der Waals surface area contributed by atoms with Gasteiger partial charge in [-0.25, -0.2) is 14.5 Å². The third-order valence-electron chi connectivity index (χ3n) is 2.58. The van der Waals surface area contributed by atoms with Gasteiger partial charge in [-0.2, -0.15) is 5.10 Å². The molecule has 2 rings (SSSR count). The first-order valence-electron chi connectivity index (χ1n) is 5.54. The number of aromatic carboxylic acids is 1. The number of rotatable bonds is 3. The third-order valence-corrected chi connectivity index (χ3v) is 2.58. The van der Waals surface area contributed by atoms with Crippen molar-refractivity contribution < 1.29 is 9.90 Å². The quantitative estimate of drug-likeness (QED) is 0.859. The molecular weight excluding hydrogens is 232 g/mol. The molecule has 6 nitrogen and oxygen atoms in total. The number of nitrogens with zero attached hydrogens (tertiary/aromatic N) is 3. The fraction of sp³-hybridized carbons (Fsp3) is 0.250. The second kappa shape index (κ2) is 4.48. The Morgan fingerprint density at radius 1 is 1.50 bits per heavy atom. The number of nitrogen functional groups attached to an aromatic ring is 1. The summed E-state index contributed by atoms with van der Waals surface area (Å²) in [5.41, 5.74) is 6.87. The highest BCUT2D eigenvalue weighted by Crippen LogP contribution is 2.18. The van der Waals surface area contributed by atoms with E-state index >= 15 is 0 Å². The fourth-order valence-electron chi connectivity index (χ4n) is 1.60. The van der Waals surface area contributed by atoms with Gasteiger partial charge in [0.05, 0.1) is 23.1 Å². The molecule has 0 aliphatic carbocycles. The molecule has 18 heavy (non-hydrogen) atoms. The van der Waals surface area contributed by atoms with Gasteiger partial charge < -0.3 is 10.8 Å². The number of hydrogen-bond donors (Lipinski definition) is 2. The Morgan fingerprint density at radius 2 is 2.22 bits per heavy atom. The number of carboxylic acids is 1. The van der Waals surface area contributed by atoms with Gasteiger partial charge in [0.2, 0.25) is 0 Å². The van der Waals surface area contributed by atoms with E-state index in [-0.39, 0.29) is 17.3 Å². The molecule has 0 spiro atoms. The van der Waals surface area contributed by atoms with E-state index in [4.69, 9.17) is 10.8 Å². The lowest BCUT2D eigenvalue weighted by molar-refractivity contribution is 0.0696. The van der Waals surface area contributed by atoms with Crippen LogP contribution < -0.4 is 5.73 Å². The zero-order valence-corrected chi connectivity index (χ0v) is 10.2. The second-order valence-corrected chi connectivity index (χ2v) is 4.27. The van der Waals surface area contributed by atoms with E-state index in [1.807, 2.05) is 19.9 Å². The average Bonchev–Trinajstić information content (AvgIpc) is 2.78. The summed E-state index contributed by atoms with van der Waals surface area (Å²) in [6, 6.07) is 3.18. The highest BCUT2D eigenvalue weighted by molar-refractivity contribution is 5.92. The summed E-state index contributed by atoms with van der Waals surface area (Å²) in [5, 5.41) is 13.5. The predicted molar refractivity (Wildman–Crippen MR) is 66.8 cm³/mol. The topological polar surface area (TPSA) is 94.0 Å². The highest BCUT2D eigenvalue weighted by atomic mass is 16.4. The number of aromatic nitrogens is 3. The Balaban J connectivity index is 2.52. The van der Waals surface area contributed by atoms with Gasteiger partial charge in [-0.05, 0) is 18.1 Å². The van der Waals surface area contributed by atoms with Crippen molar-refractivity contribution >= 4 is 11.8 Å². The Kier molecular flexibility index (Phi) is 3.01. The van der Waals surface area contributed by atoms with E-state index in [9.17, 15) is 4.79 Å². The van der Waals surface area contributed by atoms with Crippen molar-refractivity contribution in [1.29, 1.82) is 0 Å². The standard InChI is InChI=1S/C12H14N4O2/c1-7(2)9-3-4-16(15-9)10-6-14-11(13)5-8(10)12(17)18/h3-7H,1-2H3,(H2,13,14)(H,17,18). The first-order chi connectivity index (χ1) is 8.49. The molecule has 2 heterocycles. The zero-order valence-electron chi connectivity index (χ0n) is 10.2. The summed E-state index contributed by atoms with van der Waals surface area (Å²) in [6.07, 6.45) is 3.13. The minimum Gasteiger partial charge on any atom is -0.478 e. The van der Waals surface area contributed by atoms with Gasteiger partial charge in [0.1, 0.15) is 5.82 Å². The van der Waals surface area contributed by atoms with Crippen LogP contribution in [-0.4, -0.2) is 25.8 Å². The van der Waals surface area contributed by atoms with Crippen molar-refractivity contribution in [3.05, 3.63) is 35.8 Å². The van der Waals surface area contributed by atoms with Gasteiger partial charge in [0, 0.05) is 6.20 Å². The van der Waals surface area contributed by atoms with Gasteiger partial charge in [0.25, 0.3) is 0 Å². The molecule has 0 aliphatic rings. The van der Waals surface area contributed by atoms with Crippen LogP contribution in [0.4, 0.5) is 5.82 Å². The molecular formula is C12H14N4O2. The summed E-state index contributed by atoms with van der Waals surface area (Å²) < 4.78 is 1.51. The van der Waals surface area contributed by atoms with Crippen molar-refractivity contribution in [3.8, 4) is 5.69 Å². The summed E-state index contributed by atoms with van der Waals surface area (Å²) >= 11 is 0. The molecule has 0 aliphatic heterocycles. The number of carbonyl (C=O) groups is 1. The molecule has 0 radical (unpaired) electrons. The van der Waals surface area contributed by atoms with E-state index in [1.54, 1.807) is 6.20 Å². The first-order valence-corrected chi connectivity index (χ1v) is 5.54. The van der Waals surface area contributed by atoms with Crippen LogP contribution in [0.15, 0.2) is 24.5 Å². The summed E-state index contributed by atoms with van der Waals surface area (Å²) in [7, 11) is 0. The maximum Gasteiger partial charge on any atom is 0.338 e. The third kappa shape index (κ3) is 2.17. The molecule has 0 bridgehead atoms. The highest BCUT2D eigenvalue weighted by Gasteiger charge is 2.14. The molecule has 0 saturated carbocycles. The lowest BCUT2D eigenvalue weighted by Gasteiger charge is -2.06. The average molecular weight is 246 g/mol. The van der Waals surface area contributed by atoms with Crippen molar-refractivity contribution in [2.75, 3.05) is 5.73 Å². The van der Waals surface area contributed by atoms with Crippen LogP contribution in [0.5, 0.6) is 0 Å². The van der Waals surface area contributed by atoms with Crippen molar-refractivity contribution in [1.82, 2.24) is 14.8 Å². The molecule has 2 aromatic rings. The number of nitrogens with two attached hydrogens (primary N) is 1. The minimum absolute atomic E-state index is 0.0842. The Labute approximate surface area is 104 Å². The lowest BCUT2D eigenvalue weighted by atomic mass is 10.1. The summed E-state index contributed by atoms with van der Waals surface area (Å²) in [5.74, 6) is -0.602. The van der Waals surface area contributed by atoms with Crippen molar-refractivity contribution in [2.45, 2.75) is 19.8 Å². The van der Waals surface area contributed by atoms with Crippen LogP contribution in [0.25, 0.3) is 5.69 Å². The normalized spacial score (nSPS) is 10.8. The molecule has 0 saturated heterocycles. The summed E-state index contributed by atoms with van der Waals surface area (Å²) in [6.45, 7) is 4.04. The van der Waals surface area contributed by atoms with Crippen LogP contribution in [-0.2, 0) is 0 Å². The van der Waals surface area contributed by atoms with E-state index in [1.165, 1.54) is 16.9 Å². The predicted octanol–water partition coefficient (Wildman–Crippen LogP) is 1.67. The van der Waals surface area contributed by atoms with Crippen molar-refractivity contribution in [3.63, 3.8) is 0 Å². The van der Waals surface area contributed by atoms with Gasteiger partial charge in [-0.1, -0.05) is 13.8 Å². The van der Waals surface area contributed by atoms with E-state index < -0.39 is 5.97 Å². The molecule has 0 unspecified atom stereocenters. The maximum atomic E-state index is 11.2. The number of carboxylic acid groups (broad SMARTS) is 1. The number of hydrogen-bond acceptors (Lipinski definition) is 4. The van der Waals surface area contributed by atoms with E-state index in [2.05, 4.69) is 10.1 Å². The van der Waals surface area contributed by atoms with Crippen LogP contribution in [0.3, 0.4) is 0 Å². The molecule has 94 valence electrons. The monoisotopic (exact) mass is 246 g/mol. The Morgan fingerprint density at radius 3 is 2.78 bits per heavy atom. The van der Waals surface area contributed by atoms with Gasteiger partial charge in [-0.3, -0.25) is 0 Å². The molecule has 0 amide bonds. The molecule has 3 N–H and O–H groups in total. The molecule has 2 aromatic heterocycles. The SMILES string of the molecule is CC(C)c1ccn(-c2cnc(N)cc2C(=O)O)n1. The molecule has 0 atom stereocenters. The largest absolute Gasteiger partial charge is 0.478 e. The fourth-order valence-corrected chi connectivity index (χ4v) is 1.60. The zero-order chi connectivity index (χ0) is 13.3. The minimum atomic E-state index is -1.05. The second-order valence-electron chi connectivity index (χ2n) is 4.27. The summed E-state index contributed by atoms with van der Waals surface area (Å²) in [4.78, 5) is 15.1. The van der Waals surface area contributed by atoms with Gasteiger partial charge in [0.15, 0.2) is 0 Å². The van der Waals surface area contributed by atoms with E-state index in [0.717, 1.165) is 5.69 Å². The van der Waals surface area contributed by atoms with Gasteiger partial charge >= 0.3 is 5.97 Å². The number of pyridine rings is 1. The van der Waals surface area contributed by atoms with Crippen LogP contribution in [0.2, 0.25) is 0 Å². The Bertz CT molecular complexity index is 590. The van der Waals surface area contributed by atoms with Crippen LogP contribution in [0.1, 0.15) is 35.8 Å². The molecule has 0 aromatic carbocycles. The van der Waals surface area contributed by atoms with Crippen molar-refractivity contribution in [2.24, 2.45) is 0 Å². The van der Waals surface area contributed by atoms with E-state index in [0.29, 0.717) is 5.69 Å². The maximum absolute atomic E-state index is 11.2. The van der Waals surface area contributed by atoms with Gasteiger partial charge in [-0.15, -0.1) is 0 Å².